The molecular formula is C16H22N2O2S. The summed E-state index contributed by atoms with van der Waals surface area (Å²) in [5, 5.41) is 4.22. The van der Waals surface area contributed by atoms with Crippen molar-refractivity contribution in [2.45, 2.75) is 50.8 Å². The smallest absolute Gasteiger partial charge is 0.200 e. The summed E-state index contributed by atoms with van der Waals surface area (Å²) >= 11 is 0. The number of aryl methyl sites for hydroxylation is 1. The van der Waals surface area contributed by atoms with Gasteiger partial charge in [0.15, 0.2) is 0 Å². The standard InChI is InChI=1S/C16H22N2O2S/c1-12-3-5-15(6-4-12)21(19,20)18-17-14-9-13-7-8-16(2,10-13)11-14/h3-6,13,18H,7-11H2,1-2H3/b17-14+/t13-,16-/m0/s1. The van der Waals surface area contributed by atoms with Crippen molar-refractivity contribution in [2.24, 2.45) is 16.4 Å². The van der Waals surface area contributed by atoms with Gasteiger partial charge in [0.1, 0.15) is 0 Å². The zero-order chi connectivity index (χ0) is 15.1. The summed E-state index contributed by atoms with van der Waals surface area (Å²) in [6.45, 7) is 4.22. The van der Waals surface area contributed by atoms with Gasteiger partial charge in [0.2, 0.25) is 0 Å². The molecule has 0 radical (unpaired) electrons. The quantitative estimate of drug-likeness (QED) is 0.872. The molecule has 0 aliphatic heterocycles. The summed E-state index contributed by atoms with van der Waals surface area (Å²) in [7, 11) is -3.55. The molecule has 2 atom stereocenters. The molecule has 2 saturated carbocycles. The Kier molecular flexibility index (Phi) is 3.56. The fraction of sp³-hybridized carbons (Fsp3) is 0.562. The van der Waals surface area contributed by atoms with Crippen molar-refractivity contribution < 1.29 is 8.42 Å². The van der Waals surface area contributed by atoms with E-state index in [9.17, 15) is 8.42 Å². The Morgan fingerprint density at radius 1 is 1.29 bits per heavy atom. The fourth-order valence-corrected chi connectivity index (χ4v) is 4.52. The molecule has 0 amide bonds. The lowest BCUT2D eigenvalue weighted by atomic mass is 9.76. The highest BCUT2D eigenvalue weighted by Crippen LogP contribution is 2.49. The van der Waals surface area contributed by atoms with Gasteiger partial charge < -0.3 is 0 Å². The molecule has 21 heavy (non-hydrogen) atoms. The Labute approximate surface area is 126 Å². The first kappa shape index (κ1) is 14.6. The van der Waals surface area contributed by atoms with Crippen molar-refractivity contribution in [1.29, 1.82) is 0 Å². The van der Waals surface area contributed by atoms with Gasteiger partial charge >= 0.3 is 0 Å². The second-order valence-corrected chi connectivity index (χ2v) is 8.55. The second-order valence-electron chi connectivity index (χ2n) is 6.89. The lowest BCUT2D eigenvalue weighted by Crippen LogP contribution is -2.27. The van der Waals surface area contributed by atoms with Crippen LogP contribution in [0.3, 0.4) is 0 Å². The van der Waals surface area contributed by atoms with Gasteiger partial charge in [-0.3, -0.25) is 0 Å². The summed E-state index contributed by atoms with van der Waals surface area (Å²) in [5.41, 5.74) is 2.37. The molecular weight excluding hydrogens is 284 g/mol. The highest BCUT2D eigenvalue weighted by Gasteiger charge is 2.40. The van der Waals surface area contributed by atoms with Gasteiger partial charge in [-0.05, 0) is 62.5 Å². The van der Waals surface area contributed by atoms with E-state index in [1.807, 2.05) is 6.92 Å². The molecule has 4 nitrogen and oxygen atoms in total. The molecule has 0 aromatic heterocycles. The van der Waals surface area contributed by atoms with Crippen LogP contribution in [0.2, 0.25) is 0 Å². The van der Waals surface area contributed by atoms with E-state index in [0.717, 1.165) is 24.1 Å². The van der Waals surface area contributed by atoms with E-state index in [1.165, 1.54) is 19.3 Å². The van der Waals surface area contributed by atoms with Crippen molar-refractivity contribution in [3.63, 3.8) is 0 Å². The van der Waals surface area contributed by atoms with E-state index in [0.29, 0.717) is 11.3 Å². The molecule has 1 aromatic rings. The fourth-order valence-electron chi connectivity index (χ4n) is 3.67. The molecule has 0 unspecified atom stereocenters. The Balaban J connectivity index is 1.74. The molecule has 1 N–H and O–H groups in total. The highest BCUT2D eigenvalue weighted by molar-refractivity contribution is 7.89. The van der Waals surface area contributed by atoms with E-state index in [4.69, 9.17) is 0 Å². The van der Waals surface area contributed by atoms with Gasteiger partial charge in [-0.1, -0.05) is 24.6 Å². The Hall–Kier alpha value is -1.36. The topological polar surface area (TPSA) is 58.5 Å². The van der Waals surface area contributed by atoms with Gasteiger partial charge in [0, 0.05) is 5.71 Å². The third-order valence-electron chi connectivity index (χ3n) is 4.75. The monoisotopic (exact) mass is 306 g/mol. The average molecular weight is 306 g/mol. The minimum absolute atomic E-state index is 0.266. The zero-order valence-corrected chi connectivity index (χ0v) is 13.4. The molecule has 2 fully saturated rings. The first-order valence-corrected chi connectivity index (χ1v) is 8.99. The molecule has 114 valence electrons. The number of fused-ring (bicyclic) bond motifs is 2. The van der Waals surface area contributed by atoms with Gasteiger partial charge in [-0.15, -0.1) is 0 Å². The van der Waals surface area contributed by atoms with Crippen LogP contribution in [0.5, 0.6) is 0 Å². The van der Waals surface area contributed by atoms with Crippen LogP contribution in [0.25, 0.3) is 0 Å². The number of nitrogens with one attached hydrogen (secondary N) is 1. The third-order valence-corrected chi connectivity index (χ3v) is 5.97. The molecule has 5 heteroatoms. The number of hydrazone groups is 1. The summed E-state index contributed by atoms with van der Waals surface area (Å²) in [5.74, 6) is 0.686. The maximum absolute atomic E-state index is 12.2. The summed E-state index contributed by atoms with van der Waals surface area (Å²) in [4.78, 5) is 2.68. The SMILES string of the molecule is Cc1ccc(S(=O)(=O)N/N=C2\C[C@@H]3CC[C@](C)(C2)C3)cc1. The van der Waals surface area contributed by atoms with E-state index in [-0.39, 0.29) is 4.90 Å². The van der Waals surface area contributed by atoms with E-state index >= 15 is 0 Å². The molecule has 0 saturated heterocycles. The third kappa shape index (κ3) is 3.12. The number of hydrogen-bond acceptors (Lipinski definition) is 3. The summed E-state index contributed by atoms with van der Waals surface area (Å²) < 4.78 is 24.5. The number of benzene rings is 1. The van der Waals surface area contributed by atoms with E-state index in [2.05, 4.69) is 16.9 Å². The summed E-state index contributed by atoms with van der Waals surface area (Å²) in [6, 6.07) is 6.82. The van der Waals surface area contributed by atoms with Crippen molar-refractivity contribution in [3.8, 4) is 0 Å². The molecule has 1 aromatic carbocycles. The van der Waals surface area contributed by atoms with Crippen LogP contribution in [0, 0.1) is 18.3 Å². The van der Waals surface area contributed by atoms with E-state index < -0.39 is 10.0 Å². The molecule has 2 aliphatic rings. The van der Waals surface area contributed by atoms with Gasteiger partial charge in [0.05, 0.1) is 4.90 Å². The Morgan fingerprint density at radius 3 is 2.67 bits per heavy atom. The number of hydrogen-bond donors (Lipinski definition) is 1. The second kappa shape index (κ2) is 5.13. The van der Waals surface area contributed by atoms with Crippen molar-refractivity contribution in [3.05, 3.63) is 29.8 Å². The van der Waals surface area contributed by atoms with Crippen molar-refractivity contribution >= 4 is 15.7 Å². The largest absolute Gasteiger partial charge is 0.276 e. The minimum Gasteiger partial charge on any atom is -0.200 e. The van der Waals surface area contributed by atoms with Crippen LogP contribution in [-0.4, -0.2) is 14.1 Å². The van der Waals surface area contributed by atoms with Crippen LogP contribution in [0.1, 0.15) is 44.6 Å². The first-order valence-electron chi connectivity index (χ1n) is 7.50. The normalized spacial score (nSPS) is 30.6. The van der Waals surface area contributed by atoms with Crippen molar-refractivity contribution in [2.75, 3.05) is 0 Å². The predicted octanol–water partition coefficient (Wildman–Crippen LogP) is 3.23. The molecule has 0 spiro atoms. The van der Waals surface area contributed by atoms with Crippen molar-refractivity contribution in [1.82, 2.24) is 4.83 Å². The lowest BCUT2D eigenvalue weighted by molar-refractivity contribution is 0.314. The maximum Gasteiger partial charge on any atom is 0.276 e. The first-order chi connectivity index (χ1) is 9.86. The summed E-state index contributed by atoms with van der Waals surface area (Å²) in [6.07, 6.45) is 5.60. The molecule has 2 aliphatic carbocycles. The zero-order valence-electron chi connectivity index (χ0n) is 12.6. The van der Waals surface area contributed by atoms with Crippen LogP contribution < -0.4 is 4.83 Å². The van der Waals surface area contributed by atoms with Gasteiger partial charge in [-0.2, -0.15) is 13.5 Å². The molecule has 0 heterocycles. The predicted molar refractivity (Wildman–Crippen MR) is 83.6 cm³/mol. The average Bonchev–Trinajstić information content (AvgIpc) is 2.70. The Morgan fingerprint density at radius 2 is 2.00 bits per heavy atom. The van der Waals surface area contributed by atoms with Crippen LogP contribution in [-0.2, 0) is 10.0 Å². The van der Waals surface area contributed by atoms with E-state index in [1.54, 1.807) is 24.3 Å². The number of nitrogens with zero attached hydrogens (tertiary/aromatic N) is 1. The van der Waals surface area contributed by atoms with Gasteiger partial charge in [-0.25, -0.2) is 4.83 Å². The van der Waals surface area contributed by atoms with Crippen LogP contribution in [0.4, 0.5) is 0 Å². The maximum atomic E-state index is 12.2. The molecule has 2 bridgehead atoms. The van der Waals surface area contributed by atoms with Gasteiger partial charge in [0.25, 0.3) is 10.0 Å². The minimum atomic E-state index is -3.55. The number of sulfonamides is 1. The lowest BCUT2D eigenvalue weighted by Gasteiger charge is -2.29. The molecule has 3 rings (SSSR count). The van der Waals surface area contributed by atoms with Crippen LogP contribution in [0.15, 0.2) is 34.3 Å². The Bertz CT molecular complexity index is 664. The number of rotatable bonds is 3. The van der Waals surface area contributed by atoms with Crippen LogP contribution >= 0.6 is 0 Å². The highest BCUT2D eigenvalue weighted by atomic mass is 32.2.